The van der Waals surface area contributed by atoms with Crippen LogP contribution in [0, 0.1) is 18.6 Å². The maximum Gasteiger partial charge on any atom is 0.417 e. The van der Waals surface area contributed by atoms with Crippen LogP contribution in [0.2, 0.25) is 0 Å². The van der Waals surface area contributed by atoms with Crippen molar-refractivity contribution >= 4 is 40.3 Å². The summed E-state index contributed by atoms with van der Waals surface area (Å²) < 4.78 is 111. The van der Waals surface area contributed by atoms with E-state index in [1.807, 2.05) is 4.90 Å². The number of amides is 1. The molecule has 1 unspecified atom stereocenters. The molecule has 0 aliphatic carbocycles. The van der Waals surface area contributed by atoms with Crippen LogP contribution >= 0.6 is 11.8 Å². The minimum atomic E-state index is -5.16. The van der Waals surface area contributed by atoms with Gasteiger partial charge >= 0.3 is 18.3 Å². The first-order valence-corrected chi connectivity index (χ1v) is 24.0. The van der Waals surface area contributed by atoms with Gasteiger partial charge in [-0.1, -0.05) is 30.7 Å². The number of benzene rings is 3. The molecule has 12 nitrogen and oxygen atoms in total. The summed E-state index contributed by atoms with van der Waals surface area (Å²) in [5.74, 6) is -0.149. The smallest absolute Gasteiger partial charge is 0.417 e. The van der Waals surface area contributed by atoms with Crippen molar-refractivity contribution in [2.75, 3.05) is 42.9 Å². The van der Waals surface area contributed by atoms with Gasteiger partial charge in [0.1, 0.15) is 58.0 Å². The van der Waals surface area contributed by atoms with Crippen molar-refractivity contribution in [3.8, 4) is 34.6 Å². The number of pyridine rings is 1. The largest absolute Gasteiger partial charge is 0.497 e. The molecule has 1 amide bonds. The maximum atomic E-state index is 17.9. The van der Waals surface area contributed by atoms with Gasteiger partial charge in [0.25, 0.3) is 0 Å². The van der Waals surface area contributed by atoms with Gasteiger partial charge < -0.3 is 33.5 Å². The number of aromatic nitrogens is 3. The van der Waals surface area contributed by atoms with E-state index >= 15 is 22.0 Å². The van der Waals surface area contributed by atoms with Crippen molar-refractivity contribution < 1.29 is 50.4 Å². The number of hydrogen-bond donors (Lipinski definition) is 0. The molecule has 0 radical (unpaired) electrons. The Morgan fingerprint density at radius 1 is 0.897 bits per heavy atom. The summed E-state index contributed by atoms with van der Waals surface area (Å²) >= 11 is 1.77. The molecule has 4 aliphatic heterocycles. The number of carbonyl (C=O) groups excluding carboxylic acids is 1. The van der Waals surface area contributed by atoms with Crippen molar-refractivity contribution in [3.05, 3.63) is 88.5 Å². The van der Waals surface area contributed by atoms with Crippen LogP contribution in [-0.2, 0) is 24.0 Å². The van der Waals surface area contributed by atoms with Gasteiger partial charge in [0.15, 0.2) is 5.82 Å². The summed E-state index contributed by atoms with van der Waals surface area (Å²) in [5, 5.41) is 0.187. The van der Waals surface area contributed by atoms with E-state index in [9.17, 15) is 4.79 Å². The second-order valence-corrected chi connectivity index (χ2v) is 20.3. The van der Waals surface area contributed by atoms with Crippen molar-refractivity contribution in [2.24, 2.45) is 0 Å². The lowest BCUT2D eigenvalue weighted by Crippen LogP contribution is -2.65. The monoisotopic (exact) mass is 962 g/mol. The Balaban J connectivity index is 1.22. The van der Waals surface area contributed by atoms with Gasteiger partial charge in [0.05, 0.1) is 43.6 Å². The SMILES string of the molecule is COc1ccc(CN(Cc2ccc(OC)cc2)c2cc(-c3nc4c5c(nc(OCC6CCCCS6)nc5c3F)N3C[C@H]5CC[C@@H]([C@H]3[C@H](C)O4)N5C(=O)OC(C)(C)C)c(C(F)(F)F)c(C)c2F)cc1. The summed E-state index contributed by atoms with van der Waals surface area (Å²) in [7, 11) is 3.06. The Labute approximate surface area is 396 Å². The fraction of sp³-hybridized carbons (Fsp3) is 0.480. The van der Waals surface area contributed by atoms with E-state index in [1.54, 1.807) is 97.8 Å². The molecule has 3 saturated heterocycles. The highest BCUT2D eigenvalue weighted by molar-refractivity contribution is 7.99. The topological polar surface area (TPSA) is 112 Å². The Hall–Kier alpha value is -5.78. The predicted octanol–water partition coefficient (Wildman–Crippen LogP) is 10.9. The molecule has 2 bridgehead atoms. The number of thioether (sulfide) groups is 1. The lowest BCUT2D eigenvalue weighted by atomic mass is 9.95. The van der Waals surface area contributed by atoms with E-state index in [2.05, 4.69) is 9.97 Å². The fourth-order valence-electron chi connectivity index (χ4n) is 10.1. The van der Waals surface area contributed by atoms with Crippen LogP contribution in [-0.4, -0.2) is 94.1 Å². The molecule has 0 N–H and O–H groups in total. The number of rotatable bonds is 11. The number of hydrogen-bond acceptors (Lipinski definition) is 12. The molecule has 362 valence electrons. The van der Waals surface area contributed by atoms with Crippen LogP contribution in [0.15, 0.2) is 54.6 Å². The number of anilines is 2. The number of fused-ring (bicyclic) bond motifs is 5. The maximum absolute atomic E-state index is 17.9. The lowest BCUT2D eigenvalue weighted by Gasteiger charge is -2.48. The third kappa shape index (κ3) is 9.24. The van der Waals surface area contributed by atoms with E-state index in [1.165, 1.54) is 14.2 Å². The minimum absolute atomic E-state index is 0.0486. The highest BCUT2D eigenvalue weighted by atomic mass is 32.2. The molecule has 0 spiro atoms. The van der Waals surface area contributed by atoms with Crippen LogP contribution in [0.25, 0.3) is 22.2 Å². The molecule has 3 aromatic carbocycles. The number of methoxy groups -OCH3 is 2. The molecule has 4 aliphatic rings. The number of ether oxygens (including phenoxy) is 5. The molecule has 18 heteroatoms. The number of piperazine rings is 1. The van der Waals surface area contributed by atoms with Gasteiger partial charge in [-0.3, -0.25) is 4.90 Å². The van der Waals surface area contributed by atoms with Crippen LogP contribution in [0.3, 0.4) is 0 Å². The minimum Gasteiger partial charge on any atom is -0.497 e. The van der Waals surface area contributed by atoms with Crippen molar-refractivity contribution in [1.82, 2.24) is 19.9 Å². The lowest BCUT2D eigenvalue weighted by molar-refractivity contribution is -0.137. The highest BCUT2D eigenvalue weighted by Crippen LogP contribution is 2.49. The van der Waals surface area contributed by atoms with E-state index < -0.39 is 70.1 Å². The van der Waals surface area contributed by atoms with Gasteiger partial charge in [-0.15, -0.1) is 0 Å². The van der Waals surface area contributed by atoms with Gasteiger partial charge in [0.2, 0.25) is 5.88 Å². The number of nitrogens with zero attached hydrogens (tertiary/aromatic N) is 6. The van der Waals surface area contributed by atoms with Gasteiger partial charge in [0, 0.05) is 30.4 Å². The molecule has 9 rings (SSSR count). The third-order valence-corrected chi connectivity index (χ3v) is 14.5. The summed E-state index contributed by atoms with van der Waals surface area (Å²) in [6.45, 7) is 8.83. The standard InChI is InChI=1S/C50H55F5N6O6S/c1-27-39(50(53,54)55)35(22-37(40(27)51)59(23-29-11-16-32(63-6)17-12-29)24-30-13-18-33(64-7)19-14-30)42-41(52)43-38-45(58-47(57-43)65-26-34-10-8-9-21-68-34)60-25-31-15-20-36(44(60)28(2)66-46(38)56-42)61(31)48(62)67-49(3,4)5/h11-14,16-19,22,28,31,34,36,44H,8-10,15,20-21,23-26H2,1-7H3/t28-,31+,34?,36-,44+/m0/s1. The molecule has 5 aromatic rings. The Kier molecular flexibility index (Phi) is 12.9. The molecule has 68 heavy (non-hydrogen) atoms. The highest BCUT2D eigenvalue weighted by Gasteiger charge is 2.54. The zero-order valence-electron chi connectivity index (χ0n) is 39.1. The van der Waals surface area contributed by atoms with Crippen molar-refractivity contribution in [3.63, 3.8) is 0 Å². The second kappa shape index (κ2) is 18.6. The summed E-state index contributed by atoms with van der Waals surface area (Å²) in [6, 6.07) is 13.6. The van der Waals surface area contributed by atoms with Crippen molar-refractivity contribution in [1.29, 1.82) is 0 Å². The zero-order chi connectivity index (χ0) is 48.2. The summed E-state index contributed by atoms with van der Waals surface area (Å²) in [6.07, 6.45) is -2.10. The van der Waals surface area contributed by atoms with E-state index in [0.717, 1.165) is 38.0 Å². The predicted molar refractivity (Wildman–Crippen MR) is 250 cm³/mol. The Bertz CT molecular complexity index is 2630. The van der Waals surface area contributed by atoms with Crippen LogP contribution in [0.5, 0.6) is 23.4 Å². The van der Waals surface area contributed by atoms with E-state index in [0.29, 0.717) is 35.5 Å². The molecular weight excluding hydrogens is 908 g/mol. The molecule has 3 fully saturated rings. The van der Waals surface area contributed by atoms with E-state index in [4.69, 9.17) is 28.7 Å². The number of halogens is 5. The van der Waals surface area contributed by atoms with Crippen LogP contribution in [0.1, 0.15) is 82.1 Å². The fourth-order valence-corrected chi connectivity index (χ4v) is 11.3. The quantitative estimate of drug-likeness (QED) is 0.118. The molecule has 6 heterocycles. The molecular formula is C50H55F5N6O6S. The van der Waals surface area contributed by atoms with E-state index in [-0.39, 0.29) is 71.8 Å². The first-order valence-electron chi connectivity index (χ1n) is 22.9. The third-order valence-electron chi connectivity index (χ3n) is 13.2. The average Bonchev–Trinajstić information content (AvgIpc) is 3.56. The number of alkyl halides is 3. The van der Waals surface area contributed by atoms with Gasteiger partial charge in [-0.2, -0.15) is 34.9 Å². The first-order chi connectivity index (χ1) is 32.4. The molecule has 5 atom stereocenters. The van der Waals surface area contributed by atoms with Gasteiger partial charge in [-0.25, -0.2) is 18.6 Å². The summed E-state index contributed by atoms with van der Waals surface area (Å²) in [5.41, 5.74) is -3.50. The average molecular weight is 963 g/mol. The van der Waals surface area contributed by atoms with Crippen LogP contribution < -0.4 is 28.7 Å². The van der Waals surface area contributed by atoms with Gasteiger partial charge in [-0.05, 0) is 113 Å². The molecule has 2 aromatic heterocycles. The molecule has 0 saturated carbocycles. The van der Waals surface area contributed by atoms with Crippen LogP contribution in [0.4, 0.5) is 38.3 Å². The first kappa shape index (κ1) is 47.3. The summed E-state index contributed by atoms with van der Waals surface area (Å²) in [4.78, 5) is 33.2. The number of carbonyl (C=O) groups is 1. The zero-order valence-corrected chi connectivity index (χ0v) is 39.9. The Morgan fingerprint density at radius 3 is 2.15 bits per heavy atom. The normalized spacial score (nSPS) is 21.2. The second-order valence-electron chi connectivity index (χ2n) is 18.9. The Morgan fingerprint density at radius 2 is 1.56 bits per heavy atom. The van der Waals surface area contributed by atoms with Crippen molar-refractivity contribution in [2.45, 2.75) is 121 Å².